The lowest BCUT2D eigenvalue weighted by Crippen LogP contribution is -2.26. The molecule has 0 radical (unpaired) electrons. The number of fused-ring (bicyclic) bond motifs is 1. The Balaban J connectivity index is 1.77. The van der Waals surface area contributed by atoms with Crippen molar-refractivity contribution in [2.75, 3.05) is 18.0 Å². The van der Waals surface area contributed by atoms with Crippen LogP contribution in [0.5, 0.6) is 0 Å². The number of anilines is 1. The van der Waals surface area contributed by atoms with Crippen LogP contribution in [0, 0.1) is 0 Å². The molecule has 0 saturated carbocycles. The molecule has 2 aromatic rings. The van der Waals surface area contributed by atoms with E-state index in [1.54, 1.807) is 6.20 Å². The number of benzene rings is 1. The first kappa shape index (κ1) is 12.7. The molecule has 1 aromatic heterocycles. The number of aliphatic carboxylic acids is 1. The zero-order valence-electron chi connectivity index (χ0n) is 11.1. The second kappa shape index (κ2) is 5.33. The second-order valence-electron chi connectivity index (χ2n) is 4.97. The maximum atomic E-state index is 11.3. The monoisotopic (exact) mass is 268 g/mol. The van der Waals surface area contributed by atoms with Crippen molar-refractivity contribution in [3.05, 3.63) is 59.9 Å². The van der Waals surface area contributed by atoms with Crippen molar-refractivity contribution in [2.24, 2.45) is 0 Å². The summed E-state index contributed by atoms with van der Waals surface area (Å²) in [5.74, 6) is -1.17. The Hall–Kier alpha value is -2.36. The molecule has 1 N–H and O–H groups in total. The maximum Gasteiger partial charge on any atom is 0.312 e. The van der Waals surface area contributed by atoms with Crippen LogP contribution in [-0.4, -0.2) is 29.1 Å². The van der Waals surface area contributed by atoms with Crippen molar-refractivity contribution >= 4 is 11.7 Å². The molecule has 0 fully saturated rings. The minimum Gasteiger partial charge on any atom is -0.481 e. The molecule has 0 bridgehead atoms. The molecule has 3 rings (SSSR count). The first-order chi connectivity index (χ1) is 9.75. The molecule has 0 saturated heterocycles. The average molecular weight is 268 g/mol. The van der Waals surface area contributed by atoms with E-state index in [1.165, 1.54) is 0 Å². The minimum atomic E-state index is -0.752. The smallest absolute Gasteiger partial charge is 0.312 e. The lowest BCUT2D eigenvalue weighted by molar-refractivity contribution is -0.138. The molecule has 1 unspecified atom stereocenters. The van der Waals surface area contributed by atoms with Crippen LogP contribution in [0.3, 0.4) is 0 Å². The SMILES string of the molecule is O=C(O)C1CN(CCc2ccccn2)c2ccccc21. The van der Waals surface area contributed by atoms with E-state index < -0.39 is 11.9 Å². The van der Waals surface area contributed by atoms with E-state index in [4.69, 9.17) is 0 Å². The van der Waals surface area contributed by atoms with Crippen LogP contribution in [0.4, 0.5) is 5.69 Å². The van der Waals surface area contributed by atoms with Gasteiger partial charge in [0.1, 0.15) is 5.92 Å². The van der Waals surface area contributed by atoms with Gasteiger partial charge in [0.15, 0.2) is 0 Å². The molecule has 20 heavy (non-hydrogen) atoms. The lowest BCUT2D eigenvalue weighted by Gasteiger charge is -2.19. The Morgan fingerprint density at radius 1 is 1.25 bits per heavy atom. The van der Waals surface area contributed by atoms with Gasteiger partial charge in [-0.25, -0.2) is 0 Å². The van der Waals surface area contributed by atoms with E-state index in [-0.39, 0.29) is 0 Å². The normalized spacial score (nSPS) is 17.0. The fourth-order valence-corrected chi connectivity index (χ4v) is 2.71. The van der Waals surface area contributed by atoms with Gasteiger partial charge >= 0.3 is 5.97 Å². The lowest BCUT2D eigenvalue weighted by atomic mass is 10.0. The summed E-state index contributed by atoms with van der Waals surface area (Å²) in [6.45, 7) is 1.33. The number of hydrogen-bond acceptors (Lipinski definition) is 3. The number of carboxylic acids is 1. The summed E-state index contributed by atoms with van der Waals surface area (Å²) in [5, 5.41) is 9.32. The van der Waals surface area contributed by atoms with Crippen LogP contribution >= 0.6 is 0 Å². The van der Waals surface area contributed by atoms with Crippen molar-refractivity contribution in [1.82, 2.24) is 4.98 Å². The highest BCUT2D eigenvalue weighted by Gasteiger charge is 2.32. The van der Waals surface area contributed by atoms with Crippen molar-refractivity contribution in [3.63, 3.8) is 0 Å². The number of carbonyl (C=O) groups is 1. The van der Waals surface area contributed by atoms with E-state index in [9.17, 15) is 9.90 Å². The largest absolute Gasteiger partial charge is 0.481 e. The Morgan fingerprint density at radius 3 is 2.80 bits per heavy atom. The summed E-state index contributed by atoms with van der Waals surface area (Å²) in [6, 6.07) is 13.6. The van der Waals surface area contributed by atoms with Gasteiger partial charge in [-0.05, 0) is 23.8 Å². The fraction of sp³-hybridized carbons (Fsp3) is 0.250. The topological polar surface area (TPSA) is 53.4 Å². The fourth-order valence-electron chi connectivity index (χ4n) is 2.71. The first-order valence-electron chi connectivity index (χ1n) is 6.72. The summed E-state index contributed by atoms with van der Waals surface area (Å²) < 4.78 is 0. The molecule has 0 spiro atoms. The van der Waals surface area contributed by atoms with E-state index >= 15 is 0 Å². The van der Waals surface area contributed by atoms with Crippen LogP contribution in [0.2, 0.25) is 0 Å². The number of nitrogens with zero attached hydrogens (tertiary/aromatic N) is 2. The molecule has 1 atom stereocenters. The average Bonchev–Trinajstić information content (AvgIpc) is 2.85. The number of carboxylic acid groups (broad SMARTS) is 1. The van der Waals surface area contributed by atoms with Crippen LogP contribution in [0.1, 0.15) is 17.2 Å². The number of rotatable bonds is 4. The molecule has 1 aliphatic rings. The Labute approximate surface area is 117 Å². The highest BCUT2D eigenvalue weighted by atomic mass is 16.4. The van der Waals surface area contributed by atoms with Crippen LogP contribution in [0.15, 0.2) is 48.7 Å². The zero-order chi connectivity index (χ0) is 13.9. The number of para-hydroxylation sites is 1. The molecule has 0 amide bonds. The molecule has 102 valence electrons. The van der Waals surface area contributed by atoms with E-state index in [0.29, 0.717) is 6.54 Å². The van der Waals surface area contributed by atoms with Gasteiger partial charge in [-0.2, -0.15) is 0 Å². The third kappa shape index (κ3) is 2.37. The molecule has 0 aliphatic carbocycles. The van der Waals surface area contributed by atoms with Gasteiger partial charge in [0.05, 0.1) is 0 Å². The van der Waals surface area contributed by atoms with Gasteiger partial charge < -0.3 is 10.0 Å². The maximum absolute atomic E-state index is 11.3. The Morgan fingerprint density at radius 2 is 2.05 bits per heavy atom. The van der Waals surface area contributed by atoms with E-state index in [0.717, 1.165) is 29.9 Å². The van der Waals surface area contributed by atoms with Gasteiger partial charge in [0, 0.05) is 37.1 Å². The third-order valence-corrected chi connectivity index (χ3v) is 3.72. The molecule has 4 heteroatoms. The predicted octanol–water partition coefficient (Wildman–Crippen LogP) is 2.31. The standard InChI is InChI=1S/C16H16N2O2/c19-16(20)14-11-18(15-7-2-1-6-13(14)15)10-8-12-5-3-4-9-17-12/h1-7,9,14H,8,10-11H2,(H,19,20). The number of aromatic nitrogens is 1. The van der Waals surface area contributed by atoms with Crippen molar-refractivity contribution < 1.29 is 9.90 Å². The van der Waals surface area contributed by atoms with Crippen molar-refractivity contribution in [1.29, 1.82) is 0 Å². The summed E-state index contributed by atoms with van der Waals surface area (Å²) in [4.78, 5) is 17.8. The zero-order valence-corrected chi connectivity index (χ0v) is 11.1. The highest BCUT2D eigenvalue weighted by Crippen LogP contribution is 2.36. The number of hydrogen-bond donors (Lipinski definition) is 1. The molecular weight excluding hydrogens is 252 g/mol. The number of pyridine rings is 1. The second-order valence-corrected chi connectivity index (χ2v) is 4.97. The molecule has 2 heterocycles. The first-order valence-corrected chi connectivity index (χ1v) is 6.72. The molecule has 1 aliphatic heterocycles. The quantitative estimate of drug-likeness (QED) is 0.924. The minimum absolute atomic E-state index is 0.421. The molecule has 4 nitrogen and oxygen atoms in total. The van der Waals surface area contributed by atoms with E-state index in [2.05, 4.69) is 9.88 Å². The summed E-state index contributed by atoms with van der Waals surface area (Å²) in [5.41, 5.74) is 2.99. The van der Waals surface area contributed by atoms with Gasteiger partial charge in [-0.3, -0.25) is 9.78 Å². The Bertz CT molecular complexity index is 613. The predicted molar refractivity (Wildman–Crippen MR) is 77.0 cm³/mol. The Kier molecular flexibility index (Phi) is 3.37. The van der Waals surface area contributed by atoms with Gasteiger partial charge in [0.2, 0.25) is 0 Å². The van der Waals surface area contributed by atoms with Gasteiger partial charge in [-0.15, -0.1) is 0 Å². The summed E-state index contributed by atoms with van der Waals surface area (Å²) in [7, 11) is 0. The van der Waals surface area contributed by atoms with Gasteiger partial charge in [-0.1, -0.05) is 24.3 Å². The van der Waals surface area contributed by atoms with E-state index in [1.807, 2.05) is 42.5 Å². The van der Waals surface area contributed by atoms with Crippen LogP contribution in [0.25, 0.3) is 0 Å². The van der Waals surface area contributed by atoms with Crippen LogP contribution in [-0.2, 0) is 11.2 Å². The molecular formula is C16H16N2O2. The molecule has 1 aromatic carbocycles. The summed E-state index contributed by atoms with van der Waals surface area (Å²) >= 11 is 0. The van der Waals surface area contributed by atoms with Crippen molar-refractivity contribution in [3.8, 4) is 0 Å². The summed E-state index contributed by atoms with van der Waals surface area (Å²) in [6.07, 6.45) is 2.61. The highest BCUT2D eigenvalue weighted by molar-refractivity contribution is 5.82. The van der Waals surface area contributed by atoms with Crippen molar-refractivity contribution in [2.45, 2.75) is 12.3 Å². The third-order valence-electron chi connectivity index (χ3n) is 3.72. The van der Waals surface area contributed by atoms with Crippen LogP contribution < -0.4 is 4.90 Å². The van der Waals surface area contributed by atoms with Gasteiger partial charge in [0.25, 0.3) is 0 Å².